The van der Waals surface area contributed by atoms with Crippen molar-refractivity contribution in [3.8, 4) is 34.1 Å². The van der Waals surface area contributed by atoms with Gasteiger partial charge in [0.2, 0.25) is 0 Å². The summed E-state index contributed by atoms with van der Waals surface area (Å²) in [6, 6.07) is 28.8. The molecular weight excluding hydrogens is 865 g/mol. The van der Waals surface area contributed by atoms with Gasteiger partial charge in [0.25, 0.3) is 0 Å². The minimum Gasteiger partial charge on any atom is -0.507 e. The molecule has 0 amide bonds. The standard InChI is InChI=1S/C62H82N4O4/c1-39(2)65(37-45-31-47(59(5,6)7)33-51(55(45)67)61(11,12)13)27-25-63-35-43-29-41-21-17-19-23-49(41)53(57(43)69)54-50-24-20-18-22-42(50)30-44(58(54)70)36-64-26-28-66(40(3)4)38-46-32-48(60(8,9)10)34-52(56(46)68)62(14,15)16/h17-24,29-36,39-40,67-70H,25-28,37-38H2,1-16H3/b63-35+,64-36+. The van der Waals surface area contributed by atoms with Gasteiger partial charge in [-0.2, -0.15) is 0 Å². The maximum Gasteiger partial charge on any atom is 0.132 e. The Morgan fingerprint density at radius 3 is 1.11 bits per heavy atom. The summed E-state index contributed by atoms with van der Waals surface area (Å²) >= 11 is 0. The van der Waals surface area contributed by atoms with Gasteiger partial charge in [-0.25, -0.2) is 0 Å². The number of benzene rings is 6. The Bertz CT molecular complexity index is 2680. The fourth-order valence-corrected chi connectivity index (χ4v) is 9.23. The van der Waals surface area contributed by atoms with E-state index in [-0.39, 0.29) is 45.2 Å². The normalized spacial score (nSPS) is 13.3. The highest BCUT2D eigenvalue weighted by atomic mass is 16.3. The molecule has 0 spiro atoms. The molecule has 0 unspecified atom stereocenters. The Balaban J connectivity index is 1.30. The third-order valence-electron chi connectivity index (χ3n) is 13.8. The van der Waals surface area contributed by atoms with Crippen molar-refractivity contribution in [2.24, 2.45) is 9.98 Å². The first-order valence-electron chi connectivity index (χ1n) is 25.3. The number of phenols is 4. The summed E-state index contributed by atoms with van der Waals surface area (Å²) in [6.45, 7) is 38.2. The van der Waals surface area contributed by atoms with Gasteiger partial charge in [0, 0.05) is 84.1 Å². The van der Waals surface area contributed by atoms with Crippen LogP contribution in [0.2, 0.25) is 0 Å². The van der Waals surface area contributed by atoms with E-state index < -0.39 is 0 Å². The fraction of sp³-hybridized carbons (Fsp3) is 0.452. The SMILES string of the molecule is CC(C)N(CC/N=C/c1cc2ccccc2c(-c2c(O)c(/C=N/CCN(Cc3cc(C(C)(C)C)cc(C(C)(C)C)c3O)C(C)C)cc3ccccc23)c1O)Cc1cc(C(C)(C)C)cc(C(C)(C)C)c1O. The molecule has 4 N–H and O–H groups in total. The Hall–Kier alpha value is -5.70. The lowest BCUT2D eigenvalue weighted by atomic mass is 9.79. The highest BCUT2D eigenvalue weighted by Crippen LogP contribution is 2.47. The van der Waals surface area contributed by atoms with E-state index in [9.17, 15) is 20.4 Å². The van der Waals surface area contributed by atoms with E-state index >= 15 is 0 Å². The van der Waals surface area contributed by atoms with Gasteiger partial charge in [0.15, 0.2) is 0 Å². The molecule has 8 nitrogen and oxygen atoms in total. The molecule has 0 aliphatic carbocycles. The van der Waals surface area contributed by atoms with Gasteiger partial charge in [-0.1, -0.05) is 156 Å². The predicted octanol–water partition coefficient (Wildman–Crippen LogP) is 14.3. The second-order valence-corrected chi connectivity index (χ2v) is 24.1. The minimum absolute atomic E-state index is 0.0392. The lowest BCUT2D eigenvalue weighted by Crippen LogP contribution is -2.33. The minimum atomic E-state index is -0.216. The topological polar surface area (TPSA) is 112 Å². The summed E-state index contributed by atoms with van der Waals surface area (Å²) in [7, 11) is 0. The average molecular weight is 947 g/mol. The number of rotatable bonds is 15. The van der Waals surface area contributed by atoms with E-state index in [1.54, 1.807) is 12.4 Å². The Morgan fingerprint density at radius 2 is 0.800 bits per heavy atom. The summed E-state index contributed by atoms with van der Waals surface area (Å²) in [5.41, 5.74) is 7.74. The first-order chi connectivity index (χ1) is 32.6. The van der Waals surface area contributed by atoms with Gasteiger partial charge in [-0.3, -0.25) is 19.8 Å². The van der Waals surface area contributed by atoms with Crippen LogP contribution in [0.3, 0.4) is 0 Å². The highest BCUT2D eigenvalue weighted by Gasteiger charge is 2.28. The van der Waals surface area contributed by atoms with Crippen LogP contribution in [-0.4, -0.2) is 80.9 Å². The van der Waals surface area contributed by atoms with Crippen LogP contribution in [0.5, 0.6) is 23.0 Å². The zero-order valence-electron chi connectivity index (χ0n) is 45.2. The number of phenolic OH excluding ortho intramolecular Hbond substituents is 4. The van der Waals surface area contributed by atoms with Crippen LogP contribution in [0.25, 0.3) is 32.7 Å². The molecule has 6 aromatic rings. The molecule has 0 saturated carbocycles. The number of nitrogens with zero attached hydrogens (tertiary/aromatic N) is 4. The molecule has 6 aromatic carbocycles. The van der Waals surface area contributed by atoms with Crippen molar-refractivity contribution in [2.45, 2.75) is 158 Å². The Kier molecular flexibility index (Phi) is 16.1. The molecule has 6 rings (SSSR count). The summed E-state index contributed by atoms with van der Waals surface area (Å²) < 4.78 is 0. The molecule has 0 fully saturated rings. The monoisotopic (exact) mass is 947 g/mol. The summed E-state index contributed by atoms with van der Waals surface area (Å²) in [5.74, 6) is 0.796. The van der Waals surface area contributed by atoms with Gasteiger partial charge in [-0.15, -0.1) is 0 Å². The van der Waals surface area contributed by atoms with Crippen molar-refractivity contribution >= 4 is 34.0 Å². The van der Waals surface area contributed by atoms with Crippen LogP contribution in [-0.2, 0) is 34.7 Å². The number of aliphatic imine (C=N–C) groups is 2. The maximum absolute atomic E-state index is 12.3. The molecule has 0 atom stereocenters. The summed E-state index contributed by atoms with van der Waals surface area (Å²) in [6.07, 6.45) is 3.49. The van der Waals surface area contributed by atoms with Gasteiger partial charge >= 0.3 is 0 Å². The fourth-order valence-electron chi connectivity index (χ4n) is 9.23. The number of hydrogen-bond acceptors (Lipinski definition) is 8. The average Bonchev–Trinajstić information content (AvgIpc) is 3.25. The quantitative estimate of drug-likeness (QED) is 0.0763. The van der Waals surface area contributed by atoms with E-state index in [4.69, 9.17) is 9.98 Å². The molecular formula is C62H82N4O4. The van der Waals surface area contributed by atoms with Crippen LogP contribution in [0.4, 0.5) is 0 Å². The van der Waals surface area contributed by atoms with Crippen LogP contribution < -0.4 is 0 Å². The second kappa shape index (κ2) is 20.9. The molecule has 70 heavy (non-hydrogen) atoms. The van der Waals surface area contributed by atoms with Crippen molar-refractivity contribution in [1.82, 2.24) is 9.80 Å². The lowest BCUT2D eigenvalue weighted by Gasteiger charge is -2.30. The van der Waals surface area contributed by atoms with E-state index in [1.807, 2.05) is 60.7 Å². The summed E-state index contributed by atoms with van der Waals surface area (Å²) in [5, 5.41) is 51.2. The first-order valence-corrected chi connectivity index (χ1v) is 25.3. The predicted molar refractivity (Wildman–Crippen MR) is 297 cm³/mol. The maximum atomic E-state index is 12.3. The molecule has 0 aromatic heterocycles. The smallest absolute Gasteiger partial charge is 0.132 e. The van der Waals surface area contributed by atoms with Crippen LogP contribution in [0.1, 0.15) is 155 Å². The van der Waals surface area contributed by atoms with Gasteiger partial charge in [0.1, 0.15) is 23.0 Å². The third kappa shape index (κ3) is 12.2. The molecule has 0 saturated heterocycles. The Morgan fingerprint density at radius 1 is 0.457 bits per heavy atom. The van der Waals surface area contributed by atoms with Gasteiger partial charge in [0.05, 0.1) is 13.1 Å². The van der Waals surface area contributed by atoms with E-state index in [0.717, 1.165) is 43.8 Å². The van der Waals surface area contributed by atoms with Crippen LogP contribution >= 0.6 is 0 Å². The summed E-state index contributed by atoms with van der Waals surface area (Å²) in [4.78, 5) is 14.4. The zero-order valence-corrected chi connectivity index (χ0v) is 45.2. The van der Waals surface area contributed by atoms with Gasteiger partial charge < -0.3 is 20.4 Å². The highest BCUT2D eigenvalue weighted by molar-refractivity contribution is 6.14. The second-order valence-electron chi connectivity index (χ2n) is 24.1. The lowest BCUT2D eigenvalue weighted by molar-refractivity contribution is 0.216. The number of hydrogen-bond donors (Lipinski definition) is 4. The van der Waals surface area contributed by atoms with Crippen LogP contribution in [0.15, 0.2) is 94.9 Å². The molecule has 0 heterocycles. The van der Waals surface area contributed by atoms with Gasteiger partial charge in [-0.05, 0) is 105 Å². The number of fused-ring (bicyclic) bond motifs is 2. The van der Waals surface area contributed by atoms with Crippen molar-refractivity contribution in [3.63, 3.8) is 0 Å². The van der Waals surface area contributed by atoms with Crippen molar-refractivity contribution in [2.75, 3.05) is 26.2 Å². The molecule has 0 radical (unpaired) electrons. The van der Waals surface area contributed by atoms with Crippen LogP contribution in [0, 0.1) is 0 Å². The molecule has 374 valence electrons. The van der Waals surface area contributed by atoms with E-state index in [0.29, 0.717) is 73.0 Å². The molecule has 0 aliphatic heterocycles. The largest absolute Gasteiger partial charge is 0.507 e. The van der Waals surface area contributed by atoms with E-state index in [1.165, 1.54) is 11.1 Å². The van der Waals surface area contributed by atoms with Crippen molar-refractivity contribution < 1.29 is 20.4 Å². The first kappa shape index (κ1) is 53.6. The number of aromatic hydroxyl groups is 4. The van der Waals surface area contributed by atoms with Crippen molar-refractivity contribution in [1.29, 1.82) is 0 Å². The molecule has 0 bridgehead atoms. The van der Waals surface area contributed by atoms with Crippen molar-refractivity contribution in [3.05, 3.63) is 129 Å². The molecule has 0 aliphatic rings. The Labute approximate surface area is 419 Å². The van der Waals surface area contributed by atoms with E-state index in [2.05, 4.69) is 145 Å². The third-order valence-corrected chi connectivity index (χ3v) is 13.8. The molecule has 8 heteroatoms. The zero-order chi connectivity index (χ0) is 51.7.